The fourth-order valence-corrected chi connectivity index (χ4v) is 3.83. The van der Waals surface area contributed by atoms with E-state index >= 15 is 0 Å². The molecule has 2 aromatic carbocycles. The maximum Gasteiger partial charge on any atom is 0.335 e. The first-order chi connectivity index (χ1) is 14.3. The molecule has 2 aromatic rings. The Kier molecular flexibility index (Phi) is 6.62. The number of urea groups is 1. The van der Waals surface area contributed by atoms with Gasteiger partial charge >= 0.3 is 6.03 Å². The van der Waals surface area contributed by atoms with E-state index in [0.29, 0.717) is 33.8 Å². The van der Waals surface area contributed by atoms with Gasteiger partial charge in [-0.2, -0.15) is 0 Å². The third kappa shape index (κ3) is 4.27. The molecular formula is C21H18Br2N2O5. The highest BCUT2D eigenvalue weighted by atomic mass is 79.9. The van der Waals surface area contributed by atoms with Crippen molar-refractivity contribution in [1.29, 1.82) is 0 Å². The number of carbonyl (C=O) groups is 3. The molecule has 1 saturated heterocycles. The minimum atomic E-state index is -0.796. The zero-order chi connectivity index (χ0) is 22.0. The van der Waals surface area contributed by atoms with Crippen LogP contribution in [0.4, 0.5) is 10.5 Å². The van der Waals surface area contributed by atoms with Crippen LogP contribution in [0.2, 0.25) is 0 Å². The van der Waals surface area contributed by atoms with Gasteiger partial charge in [0.2, 0.25) is 0 Å². The summed E-state index contributed by atoms with van der Waals surface area (Å²) in [6.45, 7) is 4.08. The van der Waals surface area contributed by atoms with E-state index in [4.69, 9.17) is 9.47 Å². The summed E-state index contributed by atoms with van der Waals surface area (Å²) in [5.41, 5.74) is 1.57. The summed E-state index contributed by atoms with van der Waals surface area (Å²) >= 11 is 6.80. The van der Waals surface area contributed by atoms with Crippen LogP contribution in [-0.4, -0.2) is 31.6 Å². The fraction of sp³-hybridized carbons (Fsp3) is 0.190. The van der Waals surface area contributed by atoms with Gasteiger partial charge in [0.25, 0.3) is 11.8 Å². The van der Waals surface area contributed by atoms with E-state index in [0.717, 1.165) is 14.9 Å². The van der Waals surface area contributed by atoms with Crippen molar-refractivity contribution in [3.05, 3.63) is 56.0 Å². The average Bonchev–Trinajstić information content (AvgIpc) is 2.68. The first kappa shape index (κ1) is 22.0. The Morgan fingerprint density at radius 1 is 1.10 bits per heavy atom. The number of carbonyl (C=O) groups excluding carboxylic acids is 3. The Hall–Kier alpha value is -2.65. The molecule has 0 bridgehead atoms. The molecule has 9 heteroatoms. The Balaban J connectivity index is 2.05. The second kappa shape index (κ2) is 9.01. The molecule has 1 aliphatic rings. The normalized spacial score (nSPS) is 15.4. The minimum absolute atomic E-state index is 0.172. The van der Waals surface area contributed by atoms with Crippen molar-refractivity contribution in [2.24, 2.45) is 0 Å². The third-order valence-corrected chi connectivity index (χ3v) is 5.83. The van der Waals surface area contributed by atoms with Crippen molar-refractivity contribution in [3.8, 4) is 11.5 Å². The summed E-state index contributed by atoms with van der Waals surface area (Å²) < 4.78 is 12.4. The Morgan fingerprint density at radius 2 is 1.83 bits per heavy atom. The maximum atomic E-state index is 13.1. The Bertz CT molecular complexity index is 1080. The van der Waals surface area contributed by atoms with Crippen LogP contribution >= 0.6 is 31.9 Å². The van der Waals surface area contributed by atoms with Crippen LogP contribution < -0.4 is 19.7 Å². The number of amides is 4. The van der Waals surface area contributed by atoms with E-state index < -0.39 is 17.8 Å². The molecule has 0 aromatic heterocycles. The van der Waals surface area contributed by atoms with Gasteiger partial charge in [-0.15, -0.1) is 0 Å². The number of hydrogen-bond donors (Lipinski definition) is 1. The quantitative estimate of drug-likeness (QED) is 0.445. The molecule has 4 amide bonds. The number of nitrogens with one attached hydrogen (secondary N) is 1. The maximum absolute atomic E-state index is 13.1. The summed E-state index contributed by atoms with van der Waals surface area (Å²) in [5.74, 6) is -0.516. The third-order valence-electron chi connectivity index (χ3n) is 4.35. The van der Waals surface area contributed by atoms with Gasteiger partial charge in [0.15, 0.2) is 11.5 Å². The predicted octanol–water partition coefficient (Wildman–Crippen LogP) is 4.59. The monoisotopic (exact) mass is 536 g/mol. The van der Waals surface area contributed by atoms with E-state index in [1.54, 1.807) is 30.3 Å². The second-order valence-corrected chi connectivity index (χ2v) is 8.07. The molecule has 0 unspecified atom stereocenters. The van der Waals surface area contributed by atoms with Crippen LogP contribution in [0.1, 0.15) is 18.1 Å². The highest BCUT2D eigenvalue weighted by Gasteiger charge is 2.37. The van der Waals surface area contributed by atoms with Crippen LogP contribution in [0.5, 0.6) is 11.5 Å². The zero-order valence-corrected chi connectivity index (χ0v) is 19.6. The number of hydrogen-bond acceptors (Lipinski definition) is 5. The van der Waals surface area contributed by atoms with Crippen molar-refractivity contribution in [3.63, 3.8) is 0 Å². The fourth-order valence-electron chi connectivity index (χ4n) is 2.96. The molecule has 0 aliphatic carbocycles. The number of methoxy groups -OCH3 is 1. The highest BCUT2D eigenvalue weighted by Crippen LogP contribution is 2.37. The van der Waals surface area contributed by atoms with Crippen LogP contribution in [0.15, 0.2) is 44.9 Å². The Labute approximate surface area is 190 Å². The van der Waals surface area contributed by atoms with Crippen molar-refractivity contribution < 1.29 is 23.9 Å². The summed E-state index contributed by atoms with van der Waals surface area (Å²) in [6.07, 6.45) is 1.41. The lowest BCUT2D eigenvalue weighted by Gasteiger charge is -2.26. The van der Waals surface area contributed by atoms with Gasteiger partial charge in [0.1, 0.15) is 5.57 Å². The average molecular weight is 538 g/mol. The largest absolute Gasteiger partial charge is 0.492 e. The van der Waals surface area contributed by atoms with Crippen molar-refractivity contribution in [1.82, 2.24) is 5.32 Å². The zero-order valence-electron chi connectivity index (χ0n) is 16.4. The number of nitrogens with zero attached hydrogens (tertiary/aromatic N) is 1. The number of benzene rings is 2. The molecule has 0 spiro atoms. The predicted molar refractivity (Wildman–Crippen MR) is 120 cm³/mol. The molecule has 0 saturated carbocycles. The first-order valence-corrected chi connectivity index (χ1v) is 10.5. The van der Waals surface area contributed by atoms with Gasteiger partial charge in [0, 0.05) is 4.47 Å². The van der Waals surface area contributed by atoms with Gasteiger partial charge in [-0.05, 0) is 77.3 Å². The number of aryl methyl sites for hydroxylation is 1. The van der Waals surface area contributed by atoms with Gasteiger partial charge < -0.3 is 9.47 Å². The molecule has 1 aliphatic heterocycles. The molecule has 1 N–H and O–H groups in total. The van der Waals surface area contributed by atoms with Crippen molar-refractivity contribution in [2.45, 2.75) is 13.8 Å². The summed E-state index contributed by atoms with van der Waals surface area (Å²) in [7, 11) is 1.52. The molecular weight excluding hydrogens is 520 g/mol. The number of barbiturate groups is 1. The molecule has 0 atom stereocenters. The first-order valence-electron chi connectivity index (χ1n) is 8.94. The number of anilines is 1. The van der Waals surface area contributed by atoms with E-state index in [-0.39, 0.29) is 5.57 Å². The molecule has 7 nitrogen and oxygen atoms in total. The molecule has 0 radical (unpaired) electrons. The van der Waals surface area contributed by atoms with Crippen LogP contribution in [0, 0.1) is 6.92 Å². The summed E-state index contributed by atoms with van der Waals surface area (Å²) in [6, 6.07) is 7.60. The lowest BCUT2D eigenvalue weighted by atomic mass is 10.1. The van der Waals surface area contributed by atoms with E-state index in [9.17, 15) is 14.4 Å². The summed E-state index contributed by atoms with van der Waals surface area (Å²) in [5, 5.41) is 2.22. The molecule has 3 rings (SSSR count). The molecule has 1 heterocycles. The molecule has 30 heavy (non-hydrogen) atoms. The van der Waals surface area contributed by atoms with Crippen molar-refractivity contribution >= 4 is 61.5 Å². The number of imide groups is 2. The lowest BCUT2D eigenvalue weighted by molar-refractivity contribution is -0.122. The van der Waals surface area contributed by atoms with Gasteiger partial charge in [-0.25, -0.2) is 9.69 Å². The van der Waals surface area contributed by atoms with Crippen LogP contribution in [0.25, 0.3) is 6.08 Å². The minimum Gasteiger partial charge on any atom is -0.492 e. The van der Waals surface area contributed by atoms with E-state index in [1.807, 2.05) is 13.8 Å². The summed E-state index contributed by atoms with van der Waals surface area (Å²) in [4.78, 5) is 38.8. The van der Waals surface area contributed by atoms with Gasteiger partial charge in [-0.1, -0.05) is 15.9 Å². The molecule has 156 valence electrons. The standard InChI is InChI=1S/C21H18Br2N2O5/c1-4-30-17-10-12(9-16(23)18(17)29-3)8-14-19(26)24-21(28)25(20(14)27)13-5-6-15(22)11(2)7-13/h5-10H,4H2,1-3H3,(H,24,26,28)/b14-8+. The SMILES string of the molecule is CCOc1cc(/C=C2\C(=O)NC(=O)N(c3ccc(Br)c(C)c3)C2=O)cc(Br)c1OC. The van der Waals surface area contributed by atoms with Crippen molar-refractivity contribution in [2.75, 3.05) is 18.6 Å². The number of ether oxygens (including phenoxy) is 2. The van der Waals surface area contributed by atoms with Crippen LogP contribution in [-0.2, 0) is 9.59 Å². The van der Waals surface area contributed by atoms with Gasteiger partial charge in [-0.3, -0.25) is 14.9 Å². The van der Waals surface area contributed by atoms with E-state index in [2.05, 4.69) is 37.2 Å². The van der Waals surface area contributed by atoms with Gasteiger partial charge in [0.05, 0.1) is 23.9 Å². The highest BCUT2D eigenvalue weighted by molar-refractivity contribution is 9.10. The number of halogens is 2. The second-order valence-electron chi connectivity index (χ2n) is 6.36. The smallest absolute Gasteiger partial charge is 0.335 e. The number of rotatable bonds is 5. The van der Waals surface area contributed by atoms with E-state index in [1.165, 1.54) is 13.2 Å². The Morgan fingerprint density at radius 3 is 2.47 bits per heavy atom. The lowest BCUT2D eigenvalue weighted by Crippen LogP contribution is -2.54. The topological polar surface area (TPSA) is 84.9 Å². The molecule has 1 fully saturated rings. The van der Waals surface area contributed by atoms with Crippen LogP contribution in [0.3, 0.4) is 0 Å².